The number of hydrogen-bond donors (Lipinski definition) is 1. The molecular weight excluding hydrogens is 592 g/mol. The number of hydrogen-bond acceptors (Lipinski definition) is 5. The number of aromatic amines is 1. The molecule has 1 N–H and O–H groups in total. The largest absolute Gasteiger partial charge is 0.359 e. The molecule has 0 aliphatic heterocycles. The smallest absolute Gasteiger partial charge is 0.256 e. The van der Waals surface area contributed by atoms with Crippen LogP contribution in [0.25, 0.3) is 16.5 Å². The molecule has 3 aromatic carbocycles. The molecular formula is C33H31BrN6O2. The Balaban J connectivity index is 1.36. The number of tetrazole rings is 1. The predicted molar refractivity (Wildman–Crippen MR) is 167 cm³/mol. The Morgan fingerprint density at radius 1 is 1.05 bits per heavy atom. The zero-order valence-electron chi connectivity index (χ0n) is 23.2. The summed E-state index contributed by atoms with van der Waals surface area (Å²) in [7, 11) is 1.97. The molecule has 2 unspecified atom stereocenters. The SMILES string of the molecule is Cn1cc(C(=O)N(CCc2ccccc2)CC2(OCc3nnn[nH]3)C=CC(c3ccccc3)=CC2Br)c2ccccc21. The summed E-state index contributed by atoms with van der Waals surface area (Å²) in [6.45, 7) is 0.987. The van der Waals surface area contributed by atoms with Crippen LogP contribution in [0, 0.1) is 0 Å². The number of para-hydroxylation sites is 1. The molecule has 8 nitrogen and oxygen atoms in total. The number of fused-ring (bicyclic) bond motifs is 1. The van der Waals surface area contributed by atoms with E-state index in [1.807, 2.05) is 83.4 Å². The van der Waals surface area contributed by atoms with Gasteiger partial charge in [-0.15, -0.1) is 5.10 Å². The van der Waals surface area contributed by atoms with Gasteiger partial charge in [-0.3, -0.25) is 4.79 Å². The fraction of sp³-hybridized carbons (Fsp3) is 0.212. The first-order valence-electron chi connectivity index (χ1n) is 13.9. The highest BCUT2D eigenvalue weighted by molar-refractivity contribution is 9.09. The Labute approximate surface area is 252 Å². The summed E-state index contributed by atoms with van der Waals surface area (Å²) in [5, 5.41) is 15.1. The van der Waals surface area contributed by atoms with Crippen LogP contribution in [0.5, 0.6) is 0 Å². The van der Waals surface area contributed by atoms with Crippen LogP contribution in [0.4, 0.5) is 0 Å². The molecule has 0 saturated carbocycles. The van der Waals surface area contributed by atoms with Crippen LogP contribution in [0.1, 0.15) is 27.3 Å². The van der Waals surface area contributed by atoms with Crippen LogP contribution >= 0.6 is 15.9 Å². The molecule has 5 aromatic rings. The number of amides is 1. The van der Waals surface area contributed by atoms with Gasteiger partial charge < -0.3 is 14.2 Å². The normalized spacial score (nSPS) is 18.2. The maximum absolute atomic E-state index is 14.4. The molecule has 0 spiro atoms. The molecule has 1 aliphatic carbocycles. The Hall–Kier alpha value is -4.34. The van der Waals surface area contributed by atoms with Crippen LogP contribution in [0.2, 0.25) is 0 Å². The van der Waals surface area contributed by atoms with Gasteiger partial charge in [-0.25, -0.2) is 5.10 Å². The maximum atomic E-state index is 14.4. The lowest BCUT2D eigenvalue weighted by Crippen LogP contribution is -2.52. The maximum Gasteiger partial charge on any atom is 0.256 e. The number of nitrogens with zero attached hydrogens (tertiary/aromatic N) is 5. The highest BCUT2D eigenvalue weighted by Crippen LogP contribution is 2.36. The molecule has 1 aliphatic rings. The first-order valence-corrected chi connectivity index (χ1v) is 14.8. The standard InChI is InChI=1S/C33H31BrN6O2/c1-39-21-28(27-14-8-9-15-29(27)39)32(41)40(19-17-24-10-4-2-5-11-24)23-33(42-22-31-35-37-38-36-31)18-16-26(20-30(33)34)25-12-6-3-7-13-25/h2-16,18,20-21,30H,17,19,22-23H2,1H3,(H,35,36,37,38). The molecule has 1 amide bonds. The van der Waals surface area contributed by atoms with E-state index >= 15 is 0 Å². The predicted octanol–water partition coefficient (Wildman–Crippen LogP) is 5.75. The van der Waals surface area contributed by atoms with E-state index in [0.29, 0.717) is 30.9 Å². The van der Waals surface area contributed by atoms with Crippen LogP contribution in [0.3, 0.4) is 0 Å². The summed E-state index contributed by atoms with van der Waals surface area (Å²) in [5.74, 6) is 0.467. The fourth-order valence-corrected chi connectivity index (χ4v) is 6.11. The van der Waals surface area contributed by atoms with Gasteiger partial charge in [0.25, 0.3) is 5.91 Å². The number of aryl methyl sites for hydroxylation is 1. The van der Waals surface area contributed by atoms with E-state index in [9.17, 15) is 4.79 Å². The summed E-state index contributed by atoms with van der Waals surface area (Å²) in [6, 6.07) is 28.4. The van der Waals surface area contributed by atoms with Crippen molar-refractivity contribution in [3.8, 4) is 0 Å². The minimum absolute atomic E-state index is 0.0435. The van der Waals surface area contributed by atoms with Crippen molar-refractivity contribution in [1.82, 2.24) is 30.1 Å². The highest BCUT2D eigenvalue weighted by Gasteiger charge is 2.41. The van der Waals surface area contributed by atoms with E-state index in [4.69, 9.17) is 4.74 Å². The van der Waals surface area contributed by atoms with Crippen molar-refractivity contribution in [3.05, 3.63) is 132 Å². The second kappa shape index (κ2) is 12.3. The summed E-state index contributed by atoms with van der Waals surface area (Å²) >= 11 is 3.93. The minimum atomic E-state index is -0.887. The van der Waals surface area contributed by atoms with Crippen LogP contribution in [-0.2, 0) is 24.8 Å². The summed E-state index contributed by atoms with van der Waals surface area (Å²) in [6.07, 6.45) is 8.91. The van der Waals surface area contributed by atoms with Crippen molar-refractivity contribution in [1.29, 1.82) is 0 Å². The lowest BCUT2D eigenvalue weighted by atomic mass is 9.88. The molecule has 42 heavy (non-hydrogen) atoms. The first kappa shape index (κ1) is 27.8. The quantitative estimate of drug-likeness (QED) is 0.200. The van der Waals surface area contributed by atoms with Crippen LogP contribution in [-0.4, -0.2) is 59.5 Å². The van der Waals surface area contributed by atoms with Crippen LogP contribution in [0.15, 0.2) is 109 Å². The number of H-pyrrole nitrogens is 1. The molecule has 0 fully saturated rings. The summed E-state index contributed by atoms with van der Waals surface area (Å²) in [4.78, 5) is 16.1. The third-order valence-electron chi connectivity index (χ3n) is 7.68. The summed E-state index contributed by atoms with van der Waals surface area (Å²) < 4.78 is 8.63. The minimum Gasteiger partial charge on any atom is -0.359 e. The molecule has 6 rings (SSSR count). The van der Waals surface area contributed by atoms with Crippen molar-refractivity contribution >= 4 is 38.3 Å². The lowest BCUT2D eigenvalue weighted by molar-refractivity contribution is -0.0350. The third-order valence-corrected chi connectivity index (χ3v) is 8.72. The van der Waals surface area contributed by atoms with Gasteiger partial charge in [-0.1, -0.05) is 107 Å². The highest BCUT2D eigenvalue weighted by atomic mass is 79.9. The summed E-state index contributed by atoms with van der Waals surface area (Å²) in [5.41, 5.74) is 4.15. The van der Waals surface area contributed by atoms with E-state index in [2.05, 4.69) is 79.0 Å². The zero-order valence-corrected chi connectivity index (χ0v) is 24.8. The Bertz CT molecular complexity index is 1720. The van der Waals surface area contributed by atoms with Gasteiger partial charge in [0.1, 0.15) is 12.2 Å². The van der Waals surface area contributed by atoms with Crippen molar-refractivity contribution in [2.45, 2.75) is 23.5 Å². The van der Waals surface area contributed by atoms with Crippen molar-refractivity contribution in [2.24, 2.45) is 7.05 Å². The molecule has 0 saturated heterocycles. The van der Waals surface area contributed by atoms with Crippen molar-refractivity contribution in [2.75, 3.05) is 13.1 Å². The monoisotopic (exact) mass is 622 g/mol. The van der Waals surface area contributed by atoms with E-state index in [-0.39, 0.29) is 17.3 Å². The Kier molecular flexibility index (Phi) is 8.12. The average molecular weight is 624 g/mol. The second-order valence-electron chi connectivity index (χ2n) is 10.4. The number of halogens is 1. The number of allylic oxidation sites excluding steroid dienone is 2. The molecule has 9 heteroatoms. The van der Waals surface area contributed by atoms with E-state index in [1.165, 1.54) is 0 Å². The van der Waals surface area contributed by atoms with Crippen molar-refractivity contribution in [3.63, 3.8) is 0 Å². The molecule has 0 radical (unpaired) electrons. The number of carbonyl (C=O) groups excluding carboxylic acids is 1. The van der Waals surface area contributed by atoms with Gasteiger partial charge in [0.05, 0.1) is 16.9 Å². The van der Waals surface area contributed by atoms with E-state index in [1.54, 1.807) is 0 Å². The molecule has 2 heterocycles. The topological polar surface area (TPSA) is 88.9 Å². The molecule has 0 bridgehead atoms. The van der Waals surface area contributed by atoms with Crippen molar-refractivity contribution < 1.29 is 9.53 Å². The first-order chi connectivity index (χ1) is 20.5. The molecule has 2 aromatic heterocycles. The van der Waals surface area contributed by atoms with E-state index < -0.39 is 5.60 Å². The Morgan fingerprint density at radius 3 is 2.52 bits per heavy atom. The molecule has 2 atom stereocenters. The number of alkyl halides is 1. The Morgan fingerprint density at radius 2 is 1.79 bits per heavy atom. The van der Waals surface area contributed by atoms with Gasteiger partial charge in [0.2, 0.25) is 0 Å². The number of carbonyl (C=O) groups is 1. The fourth-order valence-electron chi connectivity index (χ4n) is 5.40. The van der Waals surface area contributed by atoms with Gasteiger partial charge in [0, 0.05) is 30.7 Å². The lowest BCUT2D eigenvalue weighted by Gasteiger charge is -2.40. The number of rotatable bonds is 10. The number of ether oxygens (including phenoxy) is 1. The molecule has 212 valence electrons. The van der Waals surface area contributed by atoms with Crippen LogP contribution < -0.4 is 0 Å². The number of benzene rings is 3. The van der Waals surface area contributed by atoms with E-state index in [0.717, 1.165) is 27.6 Å². The number of aromatic nitrogens is 5. The second-order valence-corrected chi connectivity index (χ2v) is 11.4. The van der Waals surface area contributed by atoms with Gasteiger partial charge in [0.15, 0.2) is 5.82 Å². The number of nitrogens with one attached hydrogen (secondary N) is 1. The average Bonchev–Trinajstić information content (AvgIpc) is 3.68. The van der Waals surface area contributed by atoms with Gasteiger partial charge in [-0.05, 0) is 45.7 Å². The van der Waals surface area contributed by atoms with Gasteiger partial charge in [-0.2, -0.15) is 0 Å². The zero-order chi connectivity index (χ0) is 28.9. The van der Waals surface area contributed by atoms with Gasteiger partial charge >= 0.3 is 0 Å². The third kappa shape index (κ3) is 5.84.